The summed E-state index contributed by atoms with van der Waals surface area (Å²) < 4.78 is 45.3. The third-order valence-corrected chi connectivity index (χ3v) is 5.83. The molecule has 4 rings (SSSR count). The number of likely N-dealkylation sites (N-methyl/N-ethyl adjacent to an activating group) is 2. The van der Waals surface area contributed by atoms with E-state index in [0.29, 0.717) is 19.0 Å². The van der Waals surface area contributed by atoms with E-state index in [0.717, 1.165) is 48.5 Å². The first-order valence-corrected chi connectivity index (χ1v) is 10.1. The summed E-state index contributed by atoms with van der Waals surface area (Å²) in [6.45, 7) is 2.97. The van der Waals surface area contributed by atoms with Crippen molar-refractivity contribution in [2.75, 3.05) is 29.9 Å². The Balaban J connectivity index is 1.31. The van der Waals surface area contributed by atoms with Gasteiger partial charge in [0.2, 0.25) is 5.91 Å². The Kier molecular flexibility index (Phi) is 5.69. The first-order chi connectivity index (χ1) is 14.4. The predicted octanol–water partition coefficient (Wildman–Crippen LogP) is 3.84. The van der Waals surface area contributed by atoms with E-state index in [-0.39, 0.29) is 24.2 Å². The maximum absolute atomic E-state index is 13.3. The number of carbonyl (C=O) groups is 1. The van der Waals surface area contributed by atoms with E-state index in [4.69, 9.17) is 4.74 Å². The monoisotopic (exact) mass is 419 g/mol. The quantitative estimate of drug-likeness (QED) is 0.668. The van der Waals surface area contributed by atoms with Gasteiger partial charge in [0.1, 0.15) is 0 Å². The Morgan fingerprint density at radius 3 is 2.50 bits per heavy atom. The van der Waals surface area contributed by atoms with E-state index >= 15 is 0 Å². The number of halogens is 3. The first kappa shape index (κ1) is 20.7. The summed E-state index contributed by atoms with van der Waals surface area (Å²) in [6.07, 6.45) is 4.26. The zero-order valence-corrected chi connectivity index (χ0v) is 17.0. The molecule has 2 aliphatic rings. The zero-order valence-electron chi connectivity index (χ0n) is 17.0. The number of nitrogens with zero attached hydrogens (tertiary/aromatic N) is 3. The number of aromatic nitrogens is 1. The van der Waals surface area contributed by atoms with Crippen LogP contribution < -0.4 is 9.80 Å². The summed E-state index contributed by atoms with van der Waals surface area (Å²) in [4.78, 5) is 20.4. The molecule has 2 aromatic rings. The highest BCUT2D eigenvalue weighted by Crippen LogP contribution is 2.36. The van der Waals surface area contributed by atoms with E-state index in [9.17, 15) is 18.0 Å². The molecule has 0 atom stereocenters. The zero-order chi connectivity index (χ0) is 21.4. The average Bonchev–Trinajstić information content (AvgIpc) is 2.68. The molecule has 1 amide bonds. The summed E-state index contributed by atoms with van der Waals surface area (Å²) in [5, 5.41) is 0. The van der Waals surface area contributed by atoms with Gasteiger partial charge in [0, 0.05) is 19.3 Å². The van der Waals surface area contributed by atoms with Crippen LogP contribution in [0, 0.1) is 23.4 Å². The van der Waals surface area contributed by atoms with Crippen molar-refractivity contribution in [3.63, 3.8) is 0 Å². The van der Waals surface area contributed by atoms with Crippen LogP contribution in [0.1, 0.15) is 31.0 Å². The van der Waals surface area contributed by atoms with Crippen LogP contribution in [0.2, 0.25) is 0 Å². The van der Waals surface area contributed by atoms with E-state index in [1.165, 1.54) is 0 Å². The summed E-state index contributed by atoms with van der Waals surface area (Å²) in [5.41, 5.74) is 3.10. The lowest BCUT2D eigenvalue weighted by atomic mass is 9.79. The minimum atomic E-state index is -1.46. The highest BCUT2D eigenvalue weighted by atomic mass is 19.2. The highest BCUT2D eigenvalue weighted by molar-refractivity contribution is 6.02. The van der Waals surface area contributed by atoms with Crippen molar-refractivity contribution in [2.45, 2.75) is 38.9 Å². The summed E-state index contributed by atoms with van der Waals surface area (Å²) in [5.74, 6) is -3.38. The van der Waals surface area contributed by atoms with E-state index < -0.39 is 17.5 Å². The molecule has 0 saturated heterocycles. The smallest absolute Gasteiger partial charge is 0.246 e. The maximum atomic E-state index is 13.3. The van der Waals surface area contributed by atoms with Crippen molar-refractivity contribution >= 4 is 17.3 Å². The number of amides is 1. The SMILES string of the molecule is CCN1C(=O)CN(C)c2cc(CC3CC(OCc4cc(F)c(F)c(F)c4)C3)ncc21. The number of hydrogen-bond acceptors (Lipinski definition) is 4. The molecule has 1 saturated carbocycles. The molecule has 1 aromatic carbocycles. The van der Waals surface area contributed by atoms with Gasteiger partial charge in [0.15, 0.2) is 17.5 Å². The molecule has 0 unspecified atom stereocenters. The average molecular weight is 419 g/mol. The summed E-state index contributed by atoms with van der Waals surface area (Å²) in [7, 11) is 1.90. The lowest BCUT2D eigenvalue weighted by Gasteiger charge is -2.36. The molecular weight excluding hydrogens is 395 g/mol. The summed E-state index contributed by atoms with van der Waals surface area (Å²) >= 11 is 0. The second-order valence-electron chi connectivity index (χ2n) is 8.01. The van der Waals surface area contributed by atoms with Gasteiger partial charge in [0.25, 0.3) is 0 Å². The van der Waals surface area contributed by atoms with Crippen LogP contribution in [-0.4, -0.2) is 37.1 Å². The van der Waals surface area contributed by atoms with Crippen LogP contribution in [0.25, 0.3) is 0 Å². The number of carbonyl (C=O) groups excluding carboxylic acids is 1. The fourth-order valence-electron chi connectivity index (χ4n) is 4.14. The number of hydrogen-bond donors (Lipinski definition) is 0. The number of anilines is 2. The fraction of sp³-hybridized carbons (Fsp3) is 0.455. The van der Waals surface area contributed by atoms with Gasteiger partial charge in [-0.15, -0.1) is 0 Å². The molecule has 0 bridgehead atoms. The Hall–Kier alpha value is -2.61. The third-order valence-electron chi connectivity index (χ3n) is 5.83. The third kappa shape index (κ3) is 4.01. The number of benzene rings is 1. The minimum absolute atomic E-state index is 0.0136. The molecular formula is C22H24F3N3O2. The van der Waals surface area contributed by atoms with Crippen molar-refractivity contribution in [1.82, 2.24) is 4.98 Å². The van der Waals surface area contributed by atoms with Gasteiger partial charge in [-0.2, -0.15) is 0 Å². The van der Waals surface area contributed by atoms with Crippen molar-refractivity contribution in [2.24, 2.45) is 5.92 Å². The molecule has 1 aliphatic carbocycles. The molecule has 1 aliphatic heterocycles. The summed E-state index contributed by atoms with van der Waals surface area (Å²) in [6, 6.07) is 3.97. The van der Waals surface area contributed by atoms with Crippen molar-refractivity contribution in [3.8, 4) is 0 Å². The normalized spacial score (nSPS) is 20.9. The lowest BCUT2D eigenvalue weighted by Crippen LogP contribution is -2.44. The molecule has 5 nitrogen and oxygen atoms in total. The number of fused-ring (bicyclic) bond motifs is 1. The van der Waals surface area contributed by atoms with Gasteiger partial charge < -0.3 is 14.5 Å². The molecule has 8 heteroatoms. The van der Waals surface area contributed by atoms with Crippen LogP contribution in [0.15, 0.2) is 24.4 Å². The Morgan fingerprint density at radius 2 is 1.83 bits per heavy atom. The second-order valence-corrected chi connectivity index (χ2v) is 8.01. The Bertz CT molecular complexity index is 940. The van der Waals surface area contributed by atoms with Gasteiger partial charge in [-0.05, 0) is 55.9 Å². The van der Waals surface area contributed by atoms with Gasteiger partial charge in [-0.3, -0.25) is 9.78 Å². The van der Waals surface area contributed by atoms with Crippen LogP contribution >= 0.6 is 0 Å². The molecule has 2 heterocycles. The van der Waals surface area contributed by atoms with Crippen LogP contribution in [0.5, 0.6) is 0 Å². The molecule has 0 N–H and O–H groups in total. The van der Waals surface area contributed by atoms with Gasteiger partial charge >= 0.3 is 0 Å². The lowest BCUT2D eigenvalue weighted by molar-refractivity contribution is -0.117. The van der Waals surface area contributed by atoms with Crippen molar-refractivity contribution < 1.29 is 22.7 Å². The fourth-order valence-corrected chi connectivity index (χ4v) is 4.14. The van der Waals surface area contributed by atoms with Crippen LogP contribution in [0.4, 0.5) is 24.5 Å². The largest absolute Gasteiger partial charge is 0.374 e. The van der Waals surface area contributed by atoms with Crippen molar-refractivity contribution in [1.29, 1.82) is 0 Å². The van der Waals surface area contributed by atoms with E-state index in [1.54, 1.807) is 11.1 Å². The standard InChI is InChI=1S/C22H24F3N3O2/c1-3-28-20-10-26-15(9-19(20)27(2)11-21(28)29)4-13-5-16(6-13)30-12-14-7-17(23)22(25)18(24)8-14/h7-10,13,16H,3-6,11-12H2,1-2H3. The second kappa shape index (κ2) is 8.26. The van der Waals surface area contributed by atoms with E-state index in [1.807, 2.05) is 24.9 Å². The topological polar surface area (TPSA) is 45.7 Å². The van der Waals surface area contributed by atoms with E-state index in [2.05, 4.69) is 4.98 Å². The molecule has 0 radical (unpaired) electrons. The van der Waals surface area contributed by atoms with Gasteiger partial charge in [-0.25, -0.2) is 13.2 Å². The molecule has 1 fully saturated rings. The number of ether oxygens (including phenoxy) is 1. The van der Waals surface area contributed by atoms with Crippen LogP contribution in [0.3, 0.4) is 0 Å². The van der Waals surface area contributed by atoms with Gasteiger partial charge in [-0.1, -0.05) is 0 Å². The van der Waals surface area contributed by atoms with Crippen LogP contribution in [-0.2, 0) is 22.6 Å². The Labute approximate surface area is 173 Å². The first-order valence-electron chi connectivity index (χ1n) is 10.1. The number of rotatable bonds is 6. The van der Waals surface area contributed by atoms with Gasteiger partial charge in [0.05, 0.1) is 36.8 Å². The number of pyridine rings is 1. The molecule has 30 heavy (non-hydrogen) atoms. The minimum Gasteiger partial charge on any atom is -0.374 e. The maximum Gasteiger partial charge on any atom is 0.246 e. The van der Waals surface area contributed by atoms with Crippen molar-refractivity contribution in [3.05, 3.63) is 53.1 Å². The Morgan fingerprint density at radius 1 is 1.13 bits per heavy atom. The molecule has 1 aromatic heterocycles. The highest BCUT2D eigenvalue weighted by Gasteiger charge is 2.32. The molecule has 0 spiro atoms. The predicted molar refractivity (Wildman–Crippen MR) is 107 cm³/mol. The molecule has 160 valence electrons.